The highest BCUT2D eigenvalue weighted by molar-refractivity contribution is 5.59. The first kappa shape index (κ1) is 31.4. The molecule has 4 nitrogen and oxygen atoms in total. The molecule has 0 saturated heterocycles. The van der Waals surface area contributed by atoms with Gasteiger partial charge in [-0.25, -0.2) is 0 Å². The summed E-state index contributed by atoms with van der Waals surface area (Å²) in [7, 11) is 0. The highest BCUT2D eigenvalue weighted by Gasteiger charge is 2.26. The van der Waals surface area contributed by atoms with Crippen LogP contribution in [0, 0.1) is 0 Å². The van der Waals surface area contributed by atoms with E-state index >= 15 is 0 Å². The molecule has 218 valence electrons. The summed E-state index contributed by atoms with van der Waals surface area (Å²) in [6, 6.07) is 16.7. The van der Waals surface area contributed by atoms with Crippen molar-refractivity contribution in [1.82, 2.24) is 0 Å². The molecule has 0 aliphatic heterocycles. The summed E-state index contributed by atoms with van der Waals surface area (Å²) in [5, 5.41) is 29.4. The van der Waals surface area contributed by atoms with Crippen LogP contribution in [0.4, 0.5) is 11.4 Å². The third kappa shape index (κ3) is 7.53. The van der Waals surface area contributed by atoms with Gasteiger partial charge in [-0.05, 0) is 74.2 Å². The lowest BCUT2D eigenvalue weighted by molar-refractivity contribution is 0.438. The van der Waals surface area contributed by atoms with Crippen LogP contribution in [-0.4, -0.2) is 10.2 Å². The maximum absolute atomic E-state index is 11.2. The Labute approximate surface area is 243 Å². The van der Waals surface area contributed by atoms with E-state index in [0.717, 1.165) is 33.6 Å². The fourth-order valence-corrected chi connectivity index (χ4v) is 4.80. The van der Waals surface area contributed by atoms with E-state index in [0.29, 0.717) is 24.6 Å². The van der Waals surface area contributed by atoms with Gasteiger partial charge in [-0.1, -0.05) is 101 Å². The predicted octanol–water partition coefficient (Wildman–Crippen LogP) is 9.51. The SMILES string of the molecule is CC(C)(C)c1cc(CNc2cccc(NCc3cc(C(C)(C)C)cc(C(C)(C)C)c3O)c2)c(O)c(C(C)(C)C)c1. The second-order valence-corrected chi connectivity index (χ2v) is 15.4. The minimum absolute atomic E-state index is 0.0189. The van der Waals surface area contributed by atoms with Crippen LogP contribution in [0.2, 0.25) is 0 Å². The molecule has 3 aromatic rings. The van der Waals surface area contributed by atoms with Crippen molar-refractivity contribution in [1.29, 1.82) is 0 Å². The molecule has 0 fully saturated rings. The molecule has 0 amide bonds. The Hall–Kier alpha value is -3.14. The van der Waals surface area contributed by atoms with Crippen molar-refractivity contribution >= 4 is 11.4 Å². The van der Waals surface area contributed by atoms with Gasteiger partial charge in [0.25, 0.3) is 0 Å². The van der Waals surface area contributed by atoms with Crippen LogP contribution in [0.1, 0.15) is 116 Å². The van der Waals surface area contributed by atoms with E-state index in [2.05, 4.69) is 124 Å². The number of anilines is 2. The Morgan fingerprint density at radius 3 is 1.15 bits per heavy atom. The molecule has 0 heterocycles. The minimum Gasteiger partial charge on any atom is -0.507 e. The number of phenolic OH excluding ortho intramolecular Hbond substituents is 2. The van der Waals surface area contributed by atoms with E-state index in [9.17, 15) is 10.2 Å². The molecule has 0 spiro atoms. The highest BCUT2D eigenvalue weighted by atomic mass is 16.3. The van der Waals surface area contributed by atoms with Crippen LogP contribution >= 0.6 is 0 Å². The van der Waals surface area contributed by atoms with Crippen molar-refractivity contribution in [3.05, 3.63) is 81.9 Å². The summed E-state index contributed by atoms with van der Waals surface area (Å²) in [5.41, 5.74) is 7.74. The lowest BCUT2D eigenvalue weighted by Gasteiger charge is -2.28. The first-order valence-corrected chi connectivity index (χ1v) is 14.5. The molecule has 40 heavy (non-hydrogen) atoms. The van der Waals surface area contributed by atoms with Gasteiger partial charge in [-0.3, -0.25) is 0 Å². The Kier molecular flexibility index (Phi) is 8.65. The number of hydrogen-bond donors (Lipinski definition) is 4. The Balaban J connectivity index is 1.84. The first-order chi connectivity index (χ1) is 18.2. The van der Waals surface area contributed by atoms with Gasteiger partial charge >= 0.3 is 0 Å². The number of hydrogen-bond acceptors (Lipinski definition) is 4. The maximum Gasteiger partial charge on any atom is 0.124 e. The van der Waals surface area contributed by atoms with Gasteiger partial charge in [-0.15, -0.1) is 0 Å². The van der Waals surface area contributed by atoms with Crippen LogP contribution in [0.15, 0.2) is 48.5 Å². The van der Waals surface area contributed by atoms with Gasteiger partial charge in [0.1, 0.15) is 11.5 Å². The summed E-state index contributed by atoms with van der Waals surface area (Å²) in [5.74, 6) is 0.734. The standard InChI is InChI=1S/C36H52N2O2/c1-33(2,3)25-16-23(31(39)29(18-25)35(7,8)9)21-37-27-14-13-15-28(20-27)38-22-24-17-26(34(4,5)6)19-30(32(24)40)36(10,11)12/h13-20,37-40H,21-22H2,1-12H3. The number of rotatable bonds is 6. The third-order valence-corrected chi connectivity index (χ3v) is 7.55. The normalized spacial score (nSPS) is 12.9. The van der Waals surface area contributed by atoms with E-state index in [4.69, 9.17) is 0 Å². The summed E-state index contributed by atoms with van der Waals surface area (Å²) < 4.78 is 0. The van der Waals surface area contributed by atoms with Crippen LogP contribution < -0.4 is 10.6 Å². The number of aromatic hydroxyl groups is 2. The van der Waals surface area contributed by atoms with Crippen molar-refractivity contribution in [2.24, 2.45) is 0 Å². The number of nitrogens with one attached hydrogen (secondary N) is 2. The topological polar surface area (TPSA) is 64.5 Å². The monoisotopic (exact) mass is 544 g/mol. The Morgan fingerprint density at radius 2 is 0.850 bits per heavy atom. The Bertz CT molecular complexity index is 1240. The zero-order valence-corrected chi connectivity index (χ0v) is 26.9. The largest absolute Gasteiger partial charge is 0.507 e. The van der Waals surface area contributed by atoms with Crippen LogP contribution in [0.3, 0.4) is 0 Å². The van der Waals surface area contributed by atoms with Crippen LogP contribution in [0.5, 0.6) is 11.5 Å². The molecule has 0 aliphatic carbocycles. The molecule has 3 rings (SSSR count). The van der Waals surface area contributed by atoms with Crippen molar-refractivity contribution in [2.45, 2.75) is 118 Å². The summed E-state index contributed by atoms with van der Waals surface area (Å²) in [4.78, 5) is 0. The molecule has 4 heteroatoms. The van der Waals surface area contributed by atoms with Crippen molar-refractivity contribution < 1.29 is 10.2 Å². The van der Waals surface area contributed by atoms with Gasteiger partial charge in [0, 0.05) is 35.6 Å². The summed E-state index contributed by atoms with van der Waals surface area (Å²) in [6.07, 6.45) is 0. The van der Waals surface area contributed by atoms with Gasteiger partial charge < -0.3 is 20.8 Å². The number of benzene rings is 3. The zero-order chi connectivity index (χ0) is 30.3. The fraction of sp³-hybridized carbons (Fsp3) is 0.500. The smallest absolute Gasteiger partial charge is 0.124 e. The number of phenols is 2. The van der Waals surface area contributed by atoms with Gasteiger partial charge in [-0.2, -0.15) is 0 Å². The summed E-state index contributed by atoms with van der Waals surface area (Å²) in [6.45, 7) is 27.1. The molecule has 0 saturated carbocycles. The quantitative estimate of drug-likeness (QED) is 0.249. The van der Waals surface area contributed by atoms with E-state index in [1.807, 2.05) is 18.2 Å². The molecule has 4 N–H and O–H groups in total. The van der Waals surface area contributed by atoms with E-state index < -0.39 is 0 Å². The van der Waals surface area contributed by atoms with Gasteiger partial charge in [0.2, 0.25) is 0 Å². The molecule has 0 atom stereocenters. The minimum atomic E-state index is -0.160. The lowest BCUT2D eigenvalue weighted by Crippen LogP contribution is -2.18. The second-order valence-electron chi connectivity index (χ2n) is 15.4. The fourth-order valence-electron chi connectivity index (χ4n) is 4.80. The second kappa shape index (κ2) is 11.0. The van der Waals surface area contributed by atoms with E-state index in [1.54, 1.807) is 0 Å². The van der Waals surface area contributed by atoms with Crippen LogP contribution in [-0.2, 0) is 34.7 Å². The maximum atomic E-state index is 11.2. The molecule has 0 aliphatic rings. The molecule has 3 aromatic carbocycles. The predicted molar refractivity (Wildman–Crippen MR) is 172 cm³/mol. The zero-order valence-electron chi connectivity index (χ0n) is 26.9. The average molecular weight is 545 g/mol. The van der Waals surface area contributed by atoms with Gasteiger partial charge in [0.15, 0.2) is 0 Å². The summed E-state index contributed by atoms with van der Waals surface area (Å²) >= 11 is 0. The average Bonchev–Trinajstić information content (AvgIpc) is 2.80. The van der Waals surface area contributed by atoms with Crippen molar-refractivity contribution in [3.8, 4) is 11.5 Å². The highest BCUT2D eigenvalue weighted by Crippen LogP contribution is 2.39. The third-order valence-electron chi connectivity index (χ3n) is 7.55. The van der Waals surface area contributed by atoms with E-state index in [-0.39, 0.29) is 21.7 Å². The molecule has 0 aromatic heterocycles. The van der Waals surface area contributed by atoms with E-state index in [1.165, 1.54) is 11.1 Å². The molecular weight excluding hydrogens is 492 g/mol. The molecule has 0 unspecified atom stereocenters. The first-order valence-electron chi connectivity index (χ1n) is 14.5. The molecular formula is C36H52N2O2. The van der Waals surface area contributed by atoms with Crippen molar-refractivity contribution in [2.75, 3.05) is 10.6 Å². The van der Waals surface area contributed by atoms with Crippen LogP contribution in [0.25, 0.3) is 0 Å². The molecule has 0 bridgehead atoms. The van der Waals surface area contributed by atoms with Gasteiger partial charge in [0.05, 0.1) is 0 Å². The molecule has 0 radical (unpaired) electrons. The Morgan fingerprint density at radius 1 is 0.500 bits per heavy atom. The van der Waals surface area contributed by atoms with Crippen molar-refractivity contribution in [3.63, 3.8) is 0 Å². The lowest BCUT2D eigenvalue weighted by atomic mass is 9.79.